The summed E-state index contributed by atoms with van der Waals surface area (Å²) >= 11 is -2.96. The second-order valence-electron chi connectivity index (χ2n) is 9.68. The van der Waals surface area contributed by atoms with Gasteiger partial charge in [-0.1, -0.05) is 83.1 Å². The molecule has 0 aromatic heterocycles. The molecular weight excluding hydrogens is 525 g/mol. The normalized spacial score (nSPS) is 12.9. The minimum Gasteiger partial charge on any atom is 4.00 e. The van der Waals surface area contributed by atoms with E-state index >= 15 is 0 Å². The molecule has 0 radical (unpaired) electrons. The van der Waals surface area contributed by atoms with Crippen molar-refractivity contribution in [1.82, 2.24) is 0 Å². The van der Waals surface area contributed by atoms with Crippen molar-refractivity contribution in [2.24, 2.45) is 0 Å². The third-order valence-electron chi connectivity index (χ3n) is 3.12. The minimum absolute atomic E-state index is 0. The maximum absolute atomic E-state index is 13.1. The van der Waals surface area contributed by atoms with Gasteiger partial charge in [0, 0.05) is 0 Å². The Morgan fingerprint density at radius 2 is 0.935 bits per heavy atom. The standard InChI is InChI=1S/C7H10FGe.3C6H14N.Zr/c1-9(2,8)7-5-3-4-6-7;3*1-5(2)7-6(3)4;/h3,5H,4H2,1-2H3;3*5-6H,1-4H3;/q4*-1;+4. The molecule has 0 unspecified atom stereocenters. The van der Waals surface area contributed by atoms with E-state index < -0.39 is 13.7 Å². The van der Waals surface area contributed by atoms with Crippen molar-refractivity contribution in [3.05, 3.63) is 38.6 Å². The minimum atomic E-state index is -2.96. The fourth-order valence-electron chi connectivity index (χ4n) is 2.60. The quantitative estimate of drug-likeness (QED) is 0.214. The molecule has 0 amide bonds. The largest absolute Gasteiger partial charge is 4.00 e. The van der Waals surface area contributed by atoms with Gasteiger partial charge in [-0.2, -0.15) is 0 Å². The summed E-state index contributed by atoms with van der Waals surface area (Å²) in [4.78, 5) is 0. The topological polar surface area (TPSA) is 42.3 Å². The zero-order valence-electron chi connectivity index (χ0n) is 23.0. The molecule has 0 aromatic carbocycles. The number of hydrogen-bond acceptors (Lipinski definition) is 0. The molecule has 182 valence electrons. The smallest absolute Gasteiger partial charge is 4.00 e. The molecule has 0 aliphatic heterocycles. The summed E-state index contributed by atoms with van der Waals surface area (Å²) < 4.78 is 14.0. The van der Waals surface area contributed by atoms with Crippen LogP contribution in [0.4, 0.5) is 3.50 Å². The Bertz CT molecular complexity index is 389. The van der Waals surface area contributed by atoms with E-state index in [0.717, 1.165) is 10.8 Å². The van der Waals surface area contributed by atoms with E-state index in [9.17, 15) is 3.50 Å². The average Bonchev–Trinajstić information content (AvgIpc) is 2.98. The molecular formula is C25H52FGeN3Zr. The SMILES string of the molecule is CC(C)[N-]C(C)C.CC(C)[N-]C(C)C.CC(C)[N-]C(C)C.[CH3][Ge]([CH3])([F])[C]1=[C-]CC=C1.[Zr+4]. The van der Waals surface area contributed by atoms with Crippen LogP contribution in [0.5, 0.6) is 0 Å². The van der Waals surface area contributed by atoms with Crippen molar-refractivity contribution in [2.75, 3.05) is 0 Å². The summed E-state index contributed by atoms with van der Waals surface area (Å²) in [7, 11) is 0. The van der Waals surface area contributed by atoms with E-state index in [0.29, 0.717) is 36.3 Å². The van der Waals surface area contributed by atoms with Gasteiger partial charge >= 0.3 is 84.0 Å². The zero-order valence-corrected chi connectivity index (χ0v) is 27.6. The van der Waals surface area contributed by atoms with Crippen LogP contribution in [-0.4, -0.2) is 50.0 Å². The molecule has 1 aliphatic carbocycles. The summed E-state index contributed by atoms with van der Waals surface area (Å²) in [5.41, 5.74) is 0. The van der Waals surface area contributed by atoms with Crippen LogP contribution in [0.3, 0.4) is 0 Å². The fraction of sp³-hybridized carbons (Fsp3) is 0.840. The van der Waals surface area contributed by atoms with Crippen molar-refractivity contribution in [1.29, 1.82) is 0 Å². The van der Waals surface area contributed by atoms with Gasteiger partial charge in [0.25, 0.3) is 0 Å². The Labute approximate surface area is 218 Å². The summed E-state index contributed by atoms with van der Waals surface area (Å²) in [6.07, 6.45) is 7.66. The van der Waals surface area contributed by atoms with Crippen LogP contribution in [0, 0.1) is 6.08 Å². The van der Waals surface area contributed by atoms with E-state index in [1.165, 1.54) is 0 Å². The Morgan fingerprint density at radius 1 is 0.677 bits per heavy atom. The molecule has 0 saturated heterocycles. The van der Waals surface area contributed by atoms with E-state index in [1.807, 2.05) is 12.2 Å². The second-order valence-corrected chi connectivity index (χ2v) is 17.0. The Morgan fingerprint density at radius 3 is 1.00 bits per heavy atom. The zero-order chi connectivity index (χ0) is 24.5. The van der Waals surface area contributed by atoms with E-state index in [2.05, 4.69) is 105 Å². The second kappa shape index (κ2) is 22.5. The molecule has 0 atom stereocenters. The van der Waals surface area contributed by atoms with E-state index in [4.69, 9.17) is 0 Å². The van der Waals surface area contributed by atoms with Gasteiger partial charge in [-0.25, -0.2) is 0 Å². The predicted octanol–water partition coefficient (Wildman–Crippen LogP) is 8.92. The van der Waals surface area contributed by atoms with E-state index in [-0.39, 0.29) is 26.2 Å². The van der Waals surface area contributed by atoms with Gasteiger partial charge in [0.05, 0.1) is 0 Å². The van der Waals surface area contributed by atoms with Gasteiger partial charge in [0.15, 0.2) is 0 Å². The van der Waals surface area contributed by atoms with Gasteiger partial charge in [-0.3, -0.25) is 0 Å². The fourth-order valence-corrected chi connectivity index (χ4v) is 4.78. The molecule has 1 rings (SSSR count). The summed E-state index contributed by atoms with van der Waals surface area (Å²) in [5.74, 6) is 3.47. The molecule has 3 nitrogen and oxygen atoms in total. The maximum atomic E-state index is 13.1. The van der Waals surface area contributed by atoms with Crippen molar-refractivity contribution in [3.63, 3.8) is 0 Å². The van der Waals surface area contributed by atoms with E-state index in [1.54, 1.807) is 11.5 Å². The van der Waals surface area contributed by atoms with Crippen LogP contribution in [0.1, 0.15) is 89.5 Å². The molecule has 0 saturated carbocycles. The molecule has 0 fully saturated rings. The first-order chi connectivity index (χ1) is 13.5. The number of rotatable bonds is 7. The van der Waals surface area contributed by atoms with Crippen LogP contribution in [0.2, 0.25) is 11.5 Å². The summed E-state index contributed by atoms with van der Waals surface area (Å²) in [6, 6.07) is 3.00. The van der Waals surface area contributed by atoms with Crippen molar-refractivity contribution < 1.29 is 29.7 Å². The molecule has 0 spiro atoms. The first-order valence-electron chi connectivity index (χ1n) is 11.6. The molecule has 0 N–H and O–H groups in total. The monoisotopic (exact) mass is 577 g/mol. The molecule has 6 heteroatoms. The molecule has 31 heavy (non-hydrogen) atoms. The molecule has 0 bridgehead atoms. The van der Waals surface area contributed by atoms with Crippen LogP contribution >= 0.6 is 0 Å². The maximum Gasteiger partial charge on any atom is 4.00 e. The first kappa shape index (κ1) is 39.0. The van der Waals surface area contributed by atoms with Gasteiger partial charge in [-0.15, -0.1) is 36.3 Å². The Hall–Kier alpha value is 0.716. The number of hydrogen-bond donors (Lipinski definition) is 0. The number of allylic oxidation sites excluding steroid dienone is 4. The third kappa shape index (κ3) is 38.3. The predicted molar refractivity (Wildman–Crippen MR) is 140 cm³/mol. The number of halogens is 1. The van der Waals surface area contributed by atoms with Crippen LogP contribution in [0.15, 0.2) is 16.6 Å². The third-order valence-corrected chi connectivity index (χ3v) is 6.53. The number of nitrogens with zero attached hydrogens (tertiary/aromatic N) is 3. The van der Waals surface area contributed by atoms with Crippen molar-refractivity contribution >= 4 is 13.7 Å². The van der Waals surface area contributed by atoms with Gasteiger partial charge in [-0.05, 0) is 0 Å². The van der Waals surface area contributed by atoms with Gasteiger partial charge in [0.1, 0.15) is 0 Å². The first-order valence-corrected chi connectivity index (χ1v) is 17.6. The van der Waals surface area contributed by atoms with Crippen molar-refractivity contribution in [3.8, 4) is 0 Å². The average molecular weight is 578 g/mol. The van der Waals surface area contributed by atoms with Gasteiger partial charge < -0.3 is 16.0 Å². The van der Waals surface area contributed by atoms with Gasteiger partial charge in [0.2, 0.25) is 0 Å². The summed E-state index contributed by atoms with van der Waals surface area (Å²) in [6.45, 7) is 25.2. The molecule has 0 aromatic rings. The molecule has 0 heterocycles. The van der Waals surface area contributed by atoms with Crippen molar-refractivity contribution in [2.45, 2.75) is 137 Å². The van der Waals surface area contributed by atoms with Crippen LogP contribution < -0.4 is 0 Å². The van der Waals surface area contributed by atoms with Crippen LogP contribution in [-0.2, 0) is 26.2 Å². The Kier molecular flexibility index (Phi) is 28.3. The Balaban J connectivity index is -0.000000156. The van der Waals surface area contributed by atoms with Crippen LogP contribution in [0.25, 0.3) is 16.0 Å². The summed E-state index contributed by atoms with van der Waals surface area (Å²) in [5, 5.41) is 12.8. The molecule has 1 aliphatic rings.